The van der Waals surface area contributed by atoms with Crippen LogP contribution in [-0.4, -0.2) is 40.1 Å². The van der Waals surface area contributed by atoms with E-state index in [9.17, 15) is 4.79 Å². The third-order valence-electron chi connectivity index (χ3n) is 0.934. The molecule has 8 heteroatoms. The minimum Gasteiger partial charge on any atom is -0.464 e. The number of rotatable bonds is 4. The van der Waals surface area contributed by atoms with E-state index >= 15 is 0 Å². The van der Waals surface area contributed by atoms with Crippen molar-refractivity contribution in [1.82, 2.24) is 0 Å². The Morgan fingerprint density at radius 1 is 1.57 bits per heavy atom. The second kappa shape index (κ2) is 10.5. The highest BCUT2D eigenvalue weighted by molar-refractivity contribution is 7.30. The number of aliphatic hydroxyl groups excluding tert-OH is 1. The summed E-state index contributed by atoms with van der Waals surface area (Å²) in [6.45, 7) is 2.15. The normalized spacial score (nSPS) is 10.9. The van der Waals surface area contributed by atoms with Gasteiger partial charge in [-0.25, -0.2) is 4.79 Å². The predicted molar refractivity (Wildman–Crippen MR) is 48.4 cm³/mol. The molecule has 0 spiro atoms. The molecule has 0 amide bonds. The van der Waals surface area contributed by atoms with Gasteiger partial charge >= 0.3 is 14.2 Å². The number of hydrogen-bond donors (Lipinski definition) is 4. The fourth-order valence-electron chi connectivity index (χ4n) is 0.377. The SMILES string of the molecule is CC(O)C(=O)OCCCN.O=[P+](O)O. The van der Waals surface area contributed by atoms with Crippen LogP contribution in [0.3, 0.4) is 0 Å². The fourth-order valence-corrected chi connectivity index (χ4v) is 0.377. The lowest BCUT2D eigenvalue weighted by Crippen LogP contribution is -2.20. The van der Waals surface area contributed by atoms with Crippen LogP contribution in [0.5, 0.6) is 0 Å². The van der Waals surface area contributed by atoms with Crippen LogP contribution in [0.2, 0.25) is 0 Å². The first-order valence-electron chi connectivity index (χ1n) is 3.81. The summed E-state index contributed by atoms with van der Waals surface area (Å²) in [5.74, 6) is -0.589. The number of esters is 1. The Morgan fingerprint density at radius 3 is 2.29 bits per heavy atom. The summed E-state index contributed by atoms with van der Waals surface area (Å²) in [7, 11) is -2.87. The van der Waals surface area contributed by atoms with E-state index in [4.69, 9.17) is 25.2 Å². The molecule has 0 aromatic heterocycles. The van der Waals surface area contributed by atoms with E-state index in [0.29, 0.717) is 19.6 Å². The zero-order chi connectivity index (χ0) is 11.6. The third-order valence-corrected chi connectivity index (χ3v) is 0.934. The first-order chi connectivity index (χ1) is 6.41. The molecule has 0 saturated heterocycles. The molecular formula is C6H15NO6P+. The van der Waals surface area contributed by atoms with Crippen LogP contribution in [0.1, 0.15) is 13.3 Å². The van der Waals surface area contributed by atoms with Crippen molar-refractivity contribution in [2.75, 3.05) is 13.2 Å². The van der Waals surface area contributed by atoms with E-state index in [1.807, 2.05) is 0 Å². The number of nitrogens with two attached hydrogens (primary N) is 1. The Bertz CT molecular complexity index is 170. The molecule has 5 N–H and O–H groups in total. The molecule has 0 aromatic carbocycles. The Kier molecular flexibility index (Phi) is 11.9. The van der Waals surface area contributed by atoms with Crippen LogP contribution in [0, 0.1) is 0 Å². The van der Waals surface area contributed by atoms with Crippen LogP contribution in [0.25, 0.3) is 0 Å². The van der Waals surface area contributed by atoms with Gasteiger partial charge in [-0.15, -0.1) is 9.79 Å². The van der Waals surface area contributed by atoms with Crippen molar-refractivity contribution in [2.45, 2.75) is 19.4 Å². The number of ether oxygens (including phenoxy) is 1. The van der Waals surface area contributed by atoms with Crippen molar-refractivity contribution < 1.29 is 29.0 Å². The first kappa shape index (κ1) is 15.9. The van der Waals surface area contributed by atoms with Gasteiger partial charge in [-0.2, -0.15) is 0 Å². The second-order valence-electron chi connectivity index (χ2n) is 2.24. The molecule has 0 heterocycles. The van der Waals surface area contributed by atoms with Crippen LogP contribution in [0.15, 0.2) is 0 Å². The lowest BCUT2D eigenvalue weighted by Gasteiger charge is -2.04. The van der Waals surface area contributed by atoms with E-state index in [2.05, 4.69) is 4.74 Å². The summed E-state index contributed by atoms with van der Waals surface area (Å²) < 4.78 is 13.3. The van der Waals surface area contributed by atoms with Gasteiger partial charge in [-0.05, 0) is 19.9 Å². The van der Waals surface area contributed by atoms with E-state index < -0.39 is 20.3 Å². The van der Waals surface area contributed by atoms with E-state index in [1.54, 1.807) is 0 Å². The summed E-state index contributed by atoms with van der Waals surface area (Å²) in [5.41, 5.74) is 5.14. The molecule has 7 nitrogen and oxygen atoms in total. The van der Waals surface area contributed by atoms with Gasteiger partial charge in [0.2, 0.25) is 0 Å². The number of carbonyl (C=O) groups excluding carboxylic acids is 1. The highest BCUT2D eigenvalue weighted by Crippen LogP contribution is 1.98. The quantitative estimate of drug-likeness (QED) is 0.272. The Labute approximate surface area is 82.4 Å². The lowest BCUT2D eigenvalue weighted by atomic mass is 10.4. The van der Waals surface area contributed by atoms with Crippen LogP contribution < -0.4 is 5.73 Å². The van der Waals surface area contributed by atoms with Crippen molar-refractivity contribution in [3.05, 3.63) is 0 Å². The smallest absolute Gasteiger partial charge is 0.464 e. The molecule has 0 rings (SSSR count). The molecule has 0 radical (unpaired) electrons. The number of aliphatic hydroxyl groups is 1. The average molecular weight is 228 g/mol. The van der Waals surface area contributed by atoms with Crippen molar-refractivity contribution in [2.24, 2.45) is 5.73 Å². The van der Waals surface area contributed by atoms with Gasteiger partial charge < -0.3 is 15.6 Å². The van der Waals surface area contributed by atoms with Gasteiger partial charge in [0.1, 0.15) is 6.10 Å². The molecule has 0 aliphatic carbocycles. The Hall–Kier alpha value is -0.590. The van der Waals surface area contributed by atoms with Gasteiger partial charge in [-0.3, -0.25) is 0 Å². The molecule has 1 atom stereocenters. The highest BCUT2D eigenvalue weighted by atomic mass is 31.1. The van der Waals surface area contributed by atoms with E-state index in [1.165, 1.54) is 6.92 Å². The number of carbonyl (C=O) groups is 1. The topological polar surface area (TPSA) is 130 Å². The van der Waals surface area contributed by atoms with Gasteiger partial charge in [0.25, 0.3) is 0 Å². The fraction of sp³-hybridized carbons (Fsp3) is 0.833. The maximum Gasteiger partial charge on any atom is 0.692 e. The third kappa shape index (κ3) is 17.5. The second-order valence-corrected chi connectivity index (χ2v) is 2.74. The van der Waals surface area contributed by atoms with Crippen LogP contribution >= 0.6 is 8.25 Å². The van der Waals surface area contributed by atoms with Gasteiger partial charge in [0, 0.05) is 4.57 Å². The van der Waals surface area contributed by atoms with Crippen LogP contribution in [-0.2, 0) is 14.1 Å². The van der Waals surface area contributed by atoms with Crippen molar-refractivity contribution >= 4 is 14.2 Å². The predicted octanol–water partition coefficient (Wildman–Crippen LogP) is -1.11. The van der Waals surface area contributed by atoms with Gasteiger partial charge in [0.15, 0.2) is 0 Å². The average Bonchev–Trinajstić information content (AvgIpc) is 2.03. The molecule has 0 fully saturated rings. The summed E-state index contributed by atoms with van der Waals surface area (Å²) in [6, 6.07) is 0. The highest BCUT2D eigenvalue weighted by Gasteiger charge is 2.08. The summed E-state index contributed by atoms with van der Waals surface area (Å²) in [6.07, 6.45) is -0.392. The molecule has 14 heavy (non-hydrogen) atoms. The molecule has 0 aliphatic heterocycles. The standard InChI is InChI=1S/C6H13NO3.HO3P/c1-5(8)6(9)10-4-2-3-7;1-4(2)3/h5,8H,2-4,7H2,1H3;(H-,1,2,3)/p+1. The maximum absolute atomic E-state index is 10.5. The molecule has 0 saturated carbocycles. The zero-order valence-corrected chi connectivity index (χ0v) is 8.68. The molecule has 0 aliphatic rings. The first-order valence-corrected chi connectivity index (χ1v) is 4.98. The maximum atomic E-state index is 10.5. The number of hydrogen-bond acceptors (Lipinski definition) is 5. The van der Waals surface area contributed by atoms with Crippen LogP contribution in [0.4, 0.5) is 0 Å². The van der Waals surface area contributed by atoms with Crippen molar-refractivity contribution in [3.8, 4) is 0 Å². The molecule has 84 valence electrons. The van der Waals surface area contributed by atoms with Gasteiger partial charge in [-0.1, -0.05) is 0 Å². The van der Waals surface area contributed by atoms with Gasteiger partial charge in [0.05, 0.1) is 6.61 Å². The molecule has 0 bridgehead atoms. The molecule has 1 unspecified atom stereocenters. The Balaban J connectivity index is 0. The molecular weight excluding hydrogens is 213 g/mol. The molecule has 0 aromatic rings. The lowest BCUT2D eigenvalue weighted by molar-refractivity contribution is -0.152. The van der Waals surface area contributed by atoms with Crippen molar-refractivity contribution in [1.29, 1.82) is 0 Å². The summed E-state index contributed by atoms with van der Waals surface area (Å²) >= 11 is 0. The monoisotopic (exact) mass is 228 g/mol. The summed E-state index contributed by atoms with van der Waals surface area (Å²) in [4.78, 5) is 24.7. The minimum absolute atomic E-state index is 0.292. The largest absolute Gasteiger partial charge is 0.692 e. The van der Waals surface area contributed by atoms with Crippen molar-refractivity contribution in [3.63, 3.8) is 0 Å². The summed E-state index contributed by atoms with van der Waals surface area (Å²) in [5, 5.41) is 8.61. The minimum atomic E-state index is -2.87. The Morgan fingerprint density at radius 2 is 2.00 bits per heavy atom. The van der Waals surface area contributed by atoms with E-state index in [0.717, 1.165) is 0 Å². The van der Waals surface area contributed by atoms with E-state index in [-0.39, 0.29) is 0 Å². The zero-order valence-electron chi connectivity index (χ0n) is 7.79.